The van der Waals surface area contributed by atoms with E-state index in [-0.39, 0.29) is 0 Å². The van der Waals surface area contributed by atoms with Crippen LogP contribution < -0.4 is 4.90 Å². The second-order valence-corrected chi connectivity index (χ2v) is 3.55. The fourth-order valence-electron chi connectivity index (χ4n) is 1.91. The Balaban J connectivity index is 2.00. The van der Waals surface area contributed by atoms with Gasteiger partial charge in [0, 0.05) is 11.4 Å². The van der Waals surface area contributed by atoms with Crippen LogP contribution in [-0.4, -0.2) is 0 Å². The summed E-state index contributed by atoms with van der Waals surface area (Å²) in [5, 5.41) is 0. The lowest BCUT2D eigenvalue weighted by molar-refractivity contribution is 0.885. The molecule has 0 saturated carbocycles. The van der Waals surface area contributed by atoms with Crippen molar-refractivity contribution < 1.29 is 0 Å². The highest BCUT2D eigenvalue weighted by Crippen LogP contribution is 2.38. The monoisotopic (exact) mass is 181 g/mol. The van der Waals surface area contributed by atoms with E-state index < -0.39 is 0 Å². The first-order chi connectivity index (χ1) is 6.95. The molecule has 2 aromatic rings. The van der Waals surface area contributed by atoms with Gasteiger partial charge < -0.3 is 4.90 Å². The first-order valence-electron chi connectivity index (χ1n) is 4.86. The van der Waals surface area contributed by atoms with Crippen molar-refractivity contribution in [3.63, 3.8) is 0 Å². The maximum absolute atomic E-state index is 2.33. The molecule has 0 radical (unpaired) electrons. The van der Waals surface area contributed by atoms with Crippen LogP contribution in [0, 0.1) is 0 Å². The van der Waals surface area contributed by atoms with Crippen LogP contribution in [0.25, 0.3) is 0 Å². The number of hydrogen-bond donors (Lipinski definition) is 0. The summed E-state index contributed by atoms with van der Waals surface area (Å²) < 4.78 is 0. The van der Waals surface area contributed by atoms with E-state index in [4.69, 9.17) is 0 Å². The predicted octanol–water partition coefficient (Wildman–Crippen LogP) is 3.34. The number of hydrogen-bond acceptors (Lipinski definition) is 1. The smallest absolute Gasteiger partial charge is 0.0502 e. The van der Waals surface area contributed by atoms with Crippen molar-refractivity contribution in [3.05, 3.63) is 60.2 Å². The second kappa shape index (κ2) is 2.88. The molecule has 1 aliphatic rings. The summed E-state index contributed by atoms with van der Waals surface area (Å²) in [7, 11) is 0. The van der Waals surface area contributed by atoms with Gasteiger partial charge in [-0.3, -0.25) is 0 Å². The molecule has 0 aliphatic carbocycles. The molecule has 0 fully saturated rings. The zero-order valence-electron chi connectivity index (χ0n) is 7.85. The first-order valence-corrected chi connectivity index (χ1v) is 4.86. The van der Waals surface area contributed by atoms with Crippen molar-refractivity contribution in [2.24, 2.45) is 0 Å². The van der Waals surface area contributed by atoms with Gasteiger partial charge in [0.2, 0.25) is 0 Å². The molecule has 0 N–H and O–H groups in total. The average Bonchev–Trinajstić information content (AvgIpc) is 2.22. The number of nitrogens with zero attached hydrogens (tertiary/aromatic N) is 1. The SMILES string of the molecule is c1ccc(N2Cc3ccccc32)cc1. The summed E-state index contributed by atoms with van der Waals surface area (Å²) in [6, 6.07) is 19.1. The van der Waals surface area contributed by atoms with E-state index >= 15 is 0 Å². The fraction of sp³-hybridized carbons (Fsp3) is 0.0769. The third-order valence-corrected chi connectivity index (χ3v) is 2.68. The largest absolute Gasteiger partial charge is 0.337 e. The van der Waals surface area contributed by atoms with E-state index in [1.54, 1.807) is 0 Å². The van der Waals surface area contributed by atoms with Crippen LogP contribution in [0.3, 0.4) is 0 Å². The maximum atomic E-state index is 2.33. The minimum Gasteiger partial charge on any atom is -0.337 e. The molecule has 68 valence electrons. The van der Waals surface area contributed by atoms with E-state index in [0.717, 1.165) is 6.54 Å². The highest BCUT2D eigenvalue weighted by atomic mass is 15.2. The third kappa shape index (κ3) is 1.02. The molecule has 0 amide bonds. The second-order valence-electron chi connectivity index (χ2n) is 3.55. The summed E-state index contributed by atoms with van der Waals surface area (Å²) in [5.74, 6) is 0. The highest BCUT2D eigenvalue weighted by Gasteiger charge is 2.22. The van der Waals surface area contributed by atoms with Crippen LogP contribution in [0.2, 0.25) is 0 Å². The minimum absolute atomic E-state index is 1.04. The van der Waals surface area contributed by atoms with E-state index in [1.165, 1.54) is 16.9 Å². The van der Waals surface area contributed by atoms with E-state index in [0.29, 0.717) is 0 Å². The van der Waals surface area contributed by atoms with Gasteiger partial charge >= 0.3 is 0 Å². The number of rotatable bonds is 1. The van der Waals surface area contributed by atoms with Crippen molar-refractivity contribution in [2.45, 2.75) is 6.54 Å². The summed E-state index contributed by atoms with van der Waals surface area (Å²) in [4.78, 5) is 2.33. The Hall–Kier alpha value is -1.76. The molecule has 1 nitrogen and oxygen atoms in total. The molecular formula is C13H11N. The Morgan fingerprint density at radius 3 is 2.29 bits per heavy atom. The van der Waals surface area contributed by atoms with Gasteiger partial charge in [-0.25, -0.2) is 0 Å². The van der Waals surface area contributed by atoms with Gasteiger partial charge in [0.15, 0.2) is 0 Å². The predicted molar refractivity (Wildman–Crippen MR) is 58.7 cm³/mol. The van der Waals surface area contributed by atoms with Gasteiger partial charge in [0.1, 0.15) is 0 Å². The van der Waals surface area contributed by atoms with Crippen molar-refractivity contribution in [2.75, 3.05) is 4.90 Å². The zero-order valence-corrected chi connectivity index (χ0v) is 7.85. The number of fused-ring (bicyclic) bond motifs is 1. The number of para-hydroxylation sites is 2. The summed E-state index contributed by atoms with van der Waals surface area (Å²) >= 11 is 0. The molecule has 0 bridgehead atoms. The molecule has 0 aromatic heterocycles. The molecule has 2 aromatic carbocycles. The Labute approximate surface area is 83.6 Å². The van der Waals surface area contributed by atoms with Crippen LogP contribution in [0.5, 0.6) is 0 Å². The Morgan fingerprint density at radius 2 is 1.50 bits per heavy atom. The molecule has 0 saturated heterocycles. The van der Waals surface area contributed by atoms with Crippen molar-refractivity contribution in [3.8, 4) is 0 Å². The van der Waals surface area contributed by atoms with E-state index in [9.17, 15) is 0 Å². The zero-order chi connectivity index (χ0) is 9.38. The van der Waals surface area contributed by atoms with Gasteiger partial charge in [-0.2, -0.15) is 0 Å². The van der Waals surface area contributed by atoms with Crippen LogP contribution >= 0.6 is 0 Å². The quantitative estimate of drug-likeness (QED) is 0.652. The third-order valence-electron chi connectivity index (χ3n) is 2.68. The van der Waals surface area contributed by atoms with Gasteiger partial charge in [-0.1, -0.05) is 36.4 Å². The van der Waals surface area contributed by atoms with Crippen molar-refractivity contribution in [1.82, 2.24) is 0 Å². The summed E-state index contributed by atoms with van der Waals surface area (Å²) in [6.07, 6.45) is 0. The lowest BCUT2D eigenvalue weighted by Gasteiger charge is -2.36. The lowest BCUT2D eigenvalue weighted by atomic mass is 10.0. The molecule has 1 heteroatoms. The Bertz CT molecular complexity index is 448. The van der Waals surface area contributed by atoms with Gasteiger partial charge in [-0.15, -0.1) is 0 Å². The van der Waals surface area contributed by atoms with Crippen LogP contribution in [0.4, 0.5) is 11.4 Å². The molecule has 3 rings (SSSR count). The highest BCUT2D eigenvalue weighted by molar-refractivity contribution is 5.73. The van der Waals surface area contributed by atoms with Crippen molar-refractivity contribution >= 4 is 11.4 Å². The topological polar surface area (TPSA) is 3.24 Å². The van der Waals surface area contributed by atoms with E-state index in [1.807, 2.05) is 0 Å². The average molecular weight is 181 g/mol. The fourth-order valence-corrected chi connectivity index (χ4v) is 1.91. The molecular weight excluding hydrogens is 170 g/mol. The normalized spacial score (nSPS) is 13.3. The maximum Gasteiger partial charge on any atom is 0.0502 e. The molecule has 0 spiro atoms. The lowest BCUT2D eigenvalue weighted by Crippen LogP contribution is -2.26. The molecule has 1 heterocycles. The summed E-state index contributed by atoms with van der Waals surface area (Å²) in [6.45, 7) is 1.04. The summed E-state index contributed by atoms with van der Waals surface area (Å²) in [5.41, 5.74) is 4.07. The van der Waals surface area contributed by atoms with E-state index in [2.05, 4.69) is 59.5 Å². The Morgan fingerprint density at radius 1 is 0.786 bits per heavy atom. The van der Waals surface area contributed by atoms with Gasteiger partial charge in [0.25, 0.3) is 0 Å². The van der Waals surface area contributed by atoms with Crippen LogP contribution in [0.1, 0.15) is 5.56 Å². The van der Waals surface area contributed by atoms with Gasteiger partial charge in [0.05, 0.1) is 6.54 Å². The van der Waals surface area contributed by atoms with Crippen LogP contribution in [0.15, 0.2) is 54.6 Å². The molecule has 14 heavy (non-hydrogen) atoms. The first kappa shape index (κ1) is 7.63. The Kier molecular flexibility index (Phi) is 1.57. The molecule has 0 atom stereocenters. The van der Waals surface area contributed by atoms with Gasteiger partial charge in [-0.05, 0) is 23.8 Å². The molecule has 0 unspecified atom stereocenters. The minimum atomic E-state index is 1.04. The van der Waals surface area contributed by atoms with Crippen LogP contribution in [-0.2, 0) is 6.54 Å². The number of benzene rings is 2. The standard InChI is InChI=1S/C13H11N/c1-2-7-12(8-3-1)14-10-11-6-4-5-9-13(11)14/h1-9H,10H2. The number of anilines is 2. The molecule has 1 aliphatic heterocycles. The van der Waals surface area contributed by atoms with Crippen molar-refractivity contribution in [1.29, 1.82) is 0 Å².